The number of hydrogen-bond acceptors (Lipinski definition) is 2. The van der Waals surface area contributed by atoms with E-state index < -0.39 is 0 Å². The molecule has 0 radical (unpaired) electrons. The van der Waals surface area contributed by atoms with Crippen LogP contribution in [-0.2, 0) is 13.5 Å². The first-order valence-corrected chi connectivity index (χ1v) is 5.59. The van der Waals surface area contributed by atoms with E-state index >= 15 is 0 Å². The zero-order valence-corrected chi connectivity index (χ0v) is 9.41. The molecule has 0 aliphatic heterocycles. The second-order valence-electron chi connectivity index (χ2n) is 4.30. The second-order valence-corrected chi connectivity index (χ2v) is 4.86. The van der Waals surface area contributed by atoms with E-state index in [2.05, 4.69) is 17.2 Å². The smallest absolute Gasteiger partial charge is 0.0829 e. The van der Waals surface area contributed by atoms with Crippen molar-refractivity contribution in [1.29, 1.82) is 0 Å². The number of aryl methyl sites for hydroxylation is 1. The van der Waals surface area contributed by atoms with Crippen molar-refractivity contribution >= 4 is 11.6 Å². The van der Waals surface area contributed by atoms with Gasteiger partial charge in [0, 0.05) is 18.6 Å². The summed E-state index contributed by atoms with van der Waals surface area (Å²) in [7, 11) is 1.90. The van der Waals surface area contributed by atoms with Gasteiger partial charge in [0.1, 0.15) is 0 Å². The summed E-state index contributed by atoms with van der Waals surface area (Å²) in [4.78, 5) is 0. The minimum Gasteiger partial charge on any atom is -0.255 e. The van der Waals surface area contributed by atoms with Crippen molar-refractivity contribution in [3.8, 4) is 0 Å². The Bertz CT molecular complexity index is 310. The Labute approximate surface area is 89.4 Å². The lowest BCUT2D eigenvalue weighted by Crippen LogP contribution is -2.13. The summed E-state index contributed by atoms with van der Waals surface area (Å²) in [6.45, 7) is 2.24. The number of halogens is 1. The van der Waals surface area contributed by atoms with E-state index in [1.165, 1.54) is 6.42 Å². The van der Waals surface area contributed by atoms with Gasteiger partial charge < -0.3 is 0 Å². The molecule has 1 aliphatic carbocycles. The summed E-state index contributed by atoms with van der Waals surface area (Å²) in [5.74, 6) is 1.30. The third kappa shape index (κ3) is 1.92. The average molecular weight is 214 g/mol. The van der Waals surface area contributed by atoms with Gasteiger partial charge in [-0.3, -0.25) is 4.68 Å². The minimum absolute atomic E-state index is 0.358. The van der Waals surface area contributed by atoms with Gasteiger partial charge in [-0.05, 0) is 31.1 Å². The molecule has 1 aromatic heterocycles. The molecule has 1 fully saturated rings. The topological polar surface area (TPSA) is 30.7 Å². The van der Waals surface area contributed by atoms with Crippen LogP contribution in [-0.4, -0.2) is 20.4 Å². The molecule has 3 unspecified atom stereocenters. The van der Waals surface area contributed by atoms with Gasteiger partial charge in [-0.25, -0.2) is 0 Å². The van der Waals surface area contributed by atoms with Crippen molar-refractivity contribution in [3.05, 3.63) is 11.9 Å². The zero-order valence-electron chi connectivity index (χ0n) is 8.65. The molecular weight excluding hydrogens is 198 g/mol. The molecule has 14 heavy (non-hydrogen) atoms. The maximum atomic E-state index is 6.19. The molecule has 3 atom stereocenters. The van der Waals surface area contributed by atoms with Gasteiger partial charge in [0.15, 0.2) is 0 Å². The molecule has 1 aliphatic rings. The molecule has 1 aromatic rings. The van der Waals surface area contributed by atoms with Gasteiger partial charge in [0.25, 0.3) is 0 Å². The van der Waals surface area contributed by atoms with Crippen LogP contribution in [0.15, 0.2) is 6.20 Å². The zero-order chi connectivity index (χ0) is 10.1. The monoisotopic (exact) mass is 213 g/mol. The highest BCUT2D eigenvalue weighted by Crippen LogP contribution is 2.36. The summed E-state index contributed by atoms with van der Waals surface area (Å²) in [5.41, 5.74) is 1.09. The molecule has 0 saturated heterocycles. The fourth-order valence-electron chi connectivity index (χ4n) is 2.24. The standard InChI is InChI=1S/C10H16ClN3/c1-7-8(3-4-10(7)11)5-9-6-14(2)13-12-9/h6-8,10H,3-5H2,1-2H3. The highest BCUT2D eigenvalue weighted by Gasteiger charge is 2.31. The number of nitrogens with zero attached hydrogens (tertiary/aromatic N) is 3. The van der Waals surface area contributed by atoms with Crippen LogP contribution < -0.4 is 0 Å². The fraction of sp³-hybridized carbons (Fsp3) is 0.800. The molecule has 0 aromatic carbocycles. The Morgan fingerprint density at radius 2 is 2.36 bits per heavy atom. The number of rotatable bonds is 2. The Morgan fingerprint density at radius 3 is 2.86 bits per heavy atom. The Kier molecular flexibility index (Phi) is 2.77. The molecule has 0 spiro atoms. The highest BCUT2D eigenvalue weighted by molar-refractivity contribution is 6.20. The summed E-state index contributed by atoms with van der Waals surface area (Å²) >= 11 is 6.19. The summed E-state index contributed by atoms with van der Waals surface area (Å²) in [6, 6.07) is 0. The molecule has 1 saturated carbocycles. The fourth-order valence-corrected chi connectivity index (χ4v) is 2.57. The molecule has 3 nitrogen and oxygen atoms in total. The first-order chi connectivity index (χ1) is 6.66. The van der Waals surface area contributed by atoms with Gasteiger partial charge in [-0.15, -0.1) is 16.7 Å². The van der Waals surface area contributed by atoms with Crippen molar-refractivity contribution in [2.75, 3.05) is 0 Å². The third-order valence-corrected chi connectivity index (χ3v) is 3.86. The van der Waals surface area contributed by atoms with E-state index in [4.69, 9.17) is 11.6 Å². The van der Waals surface area contributed by atoms with Crippen LogP contribution in [0.2, 0.25) is 0 Å². The van der Waals surface area contributed by atoms with Crippen molar-refractivity contribution in [2.24, 2.45) is 18.9 Å². The largest absolute Gasteiger partial charge is 0.255 e. The molecule has 1 heterocycles. The quantitative estimate of drug-likeness (QED) is 0.704. The Balaban J connectivity index is 1.98. The van der Waals surface area contributed by atoms with Crippen LogP contribution in [0.5, 0.6) is 0 Å². The lowest BCUT2D eigenvalue weighted by atomic mass is 9.93. The van der Waals surface area contributed by atoms with Crippen LogP contribution in [0.3, 0.4) is 0 Å². The summed E-state index contributed by atoms with van der Waals surface area (Å²) < 4.78 is 1.76. The van der Waals surface area contributed by atoms with Crippen LogP contribution >= 0.6 is 11.6 Å². The lowest BCUT2D eigenvalue weighted by molar-refractivity contribution is 0.416. The van der Waals surface area contributed by atoms with Gasteiger partial charge >= 0.3 is 0 Å². The Hall–Kier alpha value is -0.570. The van der Waals surface area contributed by atoms with E-state index in [0.717, 1.165) is 18.5 Å². The predicted molar refractivity (Wildman–Crippen MR) is 56.2 cm³/mol. The number of hydrogen-bond donors (Lipinski definition) is 0. The van der Waals surface area contributed by atoms with Crippen LogP contribution in [0.25, 0.3) is 0 Å². The van der Waals surface area contributed by atoms with Gasteiger partial charge in [0.05, 0.1) is 5.69 Å². The third-order valence-electron chi connectivity index (χ3n) is 3.25. The van der Waals surface area contributed by atoms with Crippen molar-refractivity contribution in [1.82, 2.24) is 15.0 Å². The highest BCUT2D eigenvalue weighted by atomic mass is 35.5. The number of aromatic nitrogens is 3. The summed E-state index contributed by atoms with van der Waals surface area (Å²) in [5, 5.41) is 8.40. The van der Waals surface area contributed by atoms with E-state index in [9.17, 15) is 0 Å². The van der Waals surface area contributed by atoms with E-state index in [1.54, 1.807) is 4.68 Å². The normalized spacial score (nSPS) is 32.4. The van der Waals surface area contributed by atoms with Crippen LogP contribution in [0.4, 0.5) is 0 Å². The molecule has 2 rings (SSSR count). The first-order valence-electron chi connectivity index (χ1n) is 5.16. The molecule has 78 valence electrons. The van der Waals surface area contributed by atoms with Gasteiger partial charge in [-0.1, -0.05) is 12.1 Å². The summed E-state index contributed by atoms with van der Waals surface area (Å²) in [6.07, 6.45) is 5.39. The SMILES string of the molecule is CC1C(Cl)CCC1Cc1cn(C)nn1. The van der Waals surface area contributed by atoms with Gasteiger partial charge in [0.2, 0.25) is 0 Å². The van der Waals surface area contributed by atoms with Crippen molar-refractivity contribution in [3.63, 3.8) is 0 Å². The average Bonchev–Trinajstić information content (AvgIpc) is 2.67. The Morgan fingerprint density at radius 1 is 1.57 bits per heavy atom. The molecule has 0 bridgehead atoms. The predicted octanol–water partition coefficient (Wildman–Crippen LogP) is 2.01. The molecule has 4 heteroatoms. The van der Waals surface area contributed by atoms with Crippen molar-refractivity contribution < 1.29 is 0 Å². The van der Waals surface area contributed by atoms with Crippen molar-refractivity contribution in [2.45, 2.75) is 31.6 Å². The first kappa shape index (κ1) is 9.97. The van der Waals surface area contributed by atoms with Crippen LogP contribution in [0, 0.1) is 11.8 Å². The molecular formula is C10H16ClN3. The van der Waals surface area contributed by atoms with Crippen LogP contribution in [0.1, 0.15) is 25.5 Å². The molecule has 0 N–H and O–H groups in total. The maximum Gasteiger partial charge on any atom is 0.0829 e. The van der Waals surface area contributed by atoms with Gasteiger partial charge in [-0.2, -0.15) is 0 Å². The van der Waals surface area contributed by atoms with E-state index in [0.29, 0.717) is 17.2 Å². The second kappa shape index (κ2) is 3.89. The lowest BCUT2D eigenvalue weighted by Gasteiger charge is -2.15. The maximum absolute atomic E-state index is 6.19. The number of alkyl halides is 1. The van der Waals surface area contributed by atoms with E-state index in [1.807, 2.05) is 13.2 Å². The van der Waals surface area contributed by atoms with E-state index in [-0.39, 0.29) is 0 Å². The minimum atomic E-state index is 0.358. The molecule has 0 amide bonds.